The van der Waals surface area contributed by atoms with E-state index in [4.69, 9.17) is 0 Å². The Morgan fingerprint density at radius 3 is 3.29 bits per heavy atom. The van der Waals surface area contributed by atoms with Gasteiger partial charge in [-0.25, -0.2) is 9.37 Å². The van der Waals surface area contributed by atoms with Crippen LogP contribution >= 0.6 is 11.8 Å². The van der Waals surface area contributed by atoms with Gasteiger partial charge in [-0.15, -0.1) is 0 Å². The Morgan fingerprint density at radius 2 is 2.47 bits per heavy atom. The Hall–Kier alpha value is -1.07. The molecule has 1 fully saturated rings. The lowest BCUT2D eigenvalue weighted by atomic mass is 10.2. The summed E-state index contributed by atoms with van der Waals surface area (Å²) < 4.78 is 13.0. The number of rotatable bonds is 3. The van der Waals surface area contributed by atoms with Crippen molar-refractivity contribution in [1.82, 2.24) is 15.3 Å². The summed E-state index contributed by atoms with van der Waals surface area (Å²) in [6, 6.07) is 5.21. The predicted octanol–water partition coefficient (Wildman–Crippen LogP) is 2.30. The van der Waals surface area contributed by atoms with E-state index in [0.29, 0.717) is 6.04 Å². The van der Waals surface area contributed by atoms with Crippen molar-refractivity contribution in [2.75, 3.05) is 11.5 Å². The smallest absolute Gasteiger partial charge is 0.125 e. The number of aromatic amines is 1. The Kier molecular flexibility index (Phi) is 3.03. The minimum absolute atomic E-state index is 0.229. The van der Waals surface area contributed by atoms with E-state index in [9.17, 15) is 4.39 Å². The molecule has 3 rings (SSSR count). The number of hydrogen-bond acceptors (Lipinski definition) is 3. The summed E-state index contributed by atoms with van der Waals surface area (Å²) in [6.07, 6.45) is 1.22. The second-order valence-electron chi connectivity index (χ2n) is 4.29. The van der Waals surface area contributed by atoms with E-state index in [-0.39, 0.29) is 5.82 Å². The minimum atomic E-state index is -0.229. The molecule has 17 heavy (non-hydrogen) atoms. The molecule has 0 radical (unpaired) electrons. The maximum atomic E-state index is 13.0. The monoisotopic (exact) mass is 251 g/mol. The molecule has 5 heteroatoms. The summed E-state index contributed by atoms with van der Waals surface area (Å²) in [5, 5.41) is 3.47. The normalized spacial score (nSPS) is 20.2. The number of fused-ring (bicyclic) bond motifs is 1. The molecule has 90 valence electrons. The Labute approximate surface area is 103 Å². The first kappa shape index (κ1) is 11.0. The topological polar surface area (TPSA) is 40.7 Å². The van der Waals surface area contributed by atoms with Gasteiger partial charge in [0.15, 0.2) is 0 Å². The fourth-order valence-electron chi connectivity index (χ4n) is 2.05. The van der Waals surface area contributed by atoms with Gasteiger partial charge in [0.1, 0.15) is 11.6 Å². The second-order valence-corrected chi connectivity index (χ2v) is 5.44. The van der Waals surface area contributed by atoms with Crippen LogP contribution in [0.2, 0.25) is 0 Å². The highest BCUT2D eigenvalue weighted by Gasteiger charge is 2.15. The molecule has 1 aromatic carbocycles. The van der Waals surface area contributed by atoms with Gasteiger partial charge in [-0.1, -0.05) is 0 Å². The average Bonchev–Trinajstić information content (AvgIpc) is 2.94. The van der Waals surface area contributed by atoms with Crippen molar-refractivity contribution in [2.45, 2.75) is 19.0 Å². The summed E-state index contributed by atoms with van der Waals surface area (Å²) >= 11 is 1.98. The number of benzene rings is 1. The second kappa shape index (κ2) is 4.66. The van der Waals surface area contributed by atoms with Gasteiger partial charge in [-0.3, -0.25) is 0 Å². The van der Waals surface area contributed by atoms with E-state index < -0.39 is 0 Å². The van der Waals surface area contributed by atoms with Gasteiger partial charge in [0.05, 0.1) is 17.6 Å². The summed E-state index contributed by atoms with van der Waals surface area (Å²) in [5.41, 5.74) is 1.59. The number of halogens is 1. The van der Waals surface area contributed by atoms with Crippen LogP contribution < -0.4 is 5.32 Å². The summed E-state index contributed by atoms with van der Waals surface area (Å²) in [5.74, 6) is 3.06. The van der Waals surface area contributed by atoms with E-state index in [1.54, 1.807) is 6.07 Å². The lowest BCUT2D eigenvalue weighted by Crippen LogP contribution is -2.28. The maximum Gasteiger partial charge on any atom is 0.125 e. The number of imidazole rings is 1. The predicted molar refractivity (Wildman–Crippen MR) is 68.6 cm³/mol. The van der Waals surface area contributed by atoms with Gasteiger partial charge >= 0.3 is 0 Å². The summed E-state index contributed by atoms with van der Waals surface area (Å²) in [4.78, 5) is 7.56. The van der Waals surface area contributed by atoms with E-state index in [1.165, 1.54) is 30.1 Å². The van der Waals surface area contributed by atoms with E-state index >= 15 is 0 Å². The molecule has 2 N–H and O–H groups in total. The molecule has 0 amide bonds. The van der Waals surface area contributed by atoms with Gasteiger partial charge in [-0.2, -0.15) is 11.8 Å². The van der Waals surface area contributed by atoms with Crippen molar-refractivity contribution in [3.63, 3.8) is 0 Å². The number of aromatic nitrogens is 2. The van der Waals surface area contributed by atoms with E-state index in [0.717, 1.165) is 23.4 Å². The number of hydrogen-bond donors (Lipinski definition) is 2. The van der Waals surface area contributed by atoms with Gasteiger partial charge in [-0.05, 0) is 30.4 Å². The van der Waals surface area contributed by atoms with E-state index in [1.807, 2.05) is 11.8 Å². The van der Waals surface area contributed by atoms with Crippen molar-refractivity contribution < 1.29 is 4.39 Å². The number of thioether (sulfide) groups is 1. The van der Waals surface area contributed by atoms with E-state index in [2.05, 4.69) is 15.3 Å². The molecule has 2 aromatic rings. The highest BCUT2D eigenvalue weighted by molar-refractivity contribution is 7.99. The first-order valence-corrected chi connectivity index (χ1v) is 6.92. The first-order chi connectivity index (χ1) is 8.31. The Bertz CT molecular complexity index is 519. The van der Waals surface area contributed by atoms with Crippen molar-refractivity contribution in [3.8, 4) is 0 Å². The van der Waals surface area contributed by atoms with Crippen LogP contribution in [0.3, 0.4) is 0 Å². The van der Waals surface area contributed by atoms with Gasteiger partial charge in [0, 0.05) is 11.8 Å². The summed E-state index contributed by atoms with van der Waals surface area (Å²) in [6.45, 7) is 0.724. The molecular weight excluding hydrogens is 237 g/mol. The van der Waals surface area contributed by atoms with Crippen LogP contribution in [-0.4, -0.2) is 27.5 Å². The lowest BCUT2D eigenvalue weighted by Gasteiger charge is -2.08. The highest BCUT2D eigenvalue weighted by Crippen LogP contribution is 2.18. The van der Waals surface area contributed by atoms with Gasteiger partial charge < -0.3 is 10.3 Å². The van der Waals surface area contributed by atoms with Crippen molar-refractivity contribution in [2.24, 2.45) is 0 Å². The van der Waals surface area contributed by atoms with Crippen LogP contribution in [0.1, 0.15) is 12.2 Å². The zero-order valence-corrected chi connectivity index (χ0v) is 10.2. The third-order valence-corrected chi connectivity index (χ3v) is 4.14. The van der Waals surface area contributed by atoms with Crippen LogP contribution in [0.5, 0.6) is 0 Å². The third kappa shape index (κ3) is 2.45. The Morgan fingerprint density at radius 1 is 1.53 bits per heavy atom. The standard InChI is InChI=1S/C12H14FN3S/c13-8-1-2-10-11(5-8)16-12(15-10)6-14-9-3-4-17-7-9/h1-2,5,9,14H,3-4,6-7H2,(H,15,16). The summed E-state index contributed by atoms with van der Waals surface area (Å²) in [7, 11) is 0. The molecule has 0 aliphatic carbocycles. The zero-order chi connectivity index (χ0) is 11.7. The van der Waals surface area contributed by atoms with Gasteiger partial charge in [0.25, 0.3) is 0 Å². The maximum absolute atomic E-state index is 13.0. The van der Waals surface area contributed by atoms with Crippen molar-refractivity contribution >= 4 is 22.8 Å². The number of H-pyrrole nitrogens is 1. The fraction of sp³-hybridized carbons (Fsp3) is 0.417. The van der Waals surface area contributed by atoms with Crippen LogP contribution in [0.4, 0.5) is 4.39 Å². The molecule has 1 saturated heterocycles. The molecule has 0 spiro atoms. The minimum Gasteiger partial charge on any atom is -0.341 e. The largest absolute Gasteiger partial charge is 0.341 e. The van der Waals surface area contributed by atoms with Crippen LogP contribution in [0, 0.1) is 5.82 Å². The van der Waals surface area contributed by atoms with Crippen LogP contribution in [0.15, 0.2) is 18.2 Å². The third-order valence-electron chi connectivity index (χ3n) is 2.98. The number of nitrogens with one attached hydrogen (secondary N) is 2. The fourth-order valence-corrected chi connectivity index (χ4v) is 3.24. The van der Waals surface area contributed by atoms with Crippen molar-refractivity contribution in [1.29, 1.82) is 0 Å². The molecule has 1 aliphatic rings. The molecule has 1 aromatic heterocycles. The average molecular weight is 251 g/mol. The van der Waals surface area contributed by atoms with Crippen LogP contribution in [0.25, 0.3) is 11.0 Å². The molecule has 3 nitrogen and oxygen atoms in total. The lowest BCUT2D eigenvalue weighted by molar-refractivity contribution is 0.547. The number of nitrogens with zero attached hydrogens (tertiary/aromatic N) is 1. The molecule has 1 aliphatic heterocycles. The van der Waals surface area contributed by atoms with Crippen molar-refractivity contribution in [3.05, 3.63) is 29.8 Å². The SMILES string of the molecule is Fc1ccc2nc(CNC3CCSC3)[nH]c2c1. The first-order valence-electron chi connectivity index (χ1n) is 5.76. The highest BCUT2D eigenvalue weighted by atomic mass is 32.2. The molecule has 0 bridgehead atoms. The van der Waals surface area contributed by atoms with Gasteiger partial charge in [0.2, 0.25) is 0 Å². The zero-order valence-electron chi connectivity index (χ0n) is 9.37. The molecule has 0 saturated carbocycles. The molecule has 1 unspecified atom stereocenters. The van der Waals surface area contributed by atoms with Crippen LogP contribution in [-0.2, 0) is 6.54 Å². The Balaban J connectivity index is 1.72. The molecule has 2 heterocycles. The molecule has 1 atom stereocenters. The molecular formula is C12H14FN3S. The quantitative estimate of drug-likeness (QED) is 0.879.